The van der Waals surface area contributed by atoms with Crippen molar-refractivity contribution in [3.8, 4) is 0 Å². The molecule has 2 heterocycles. The van der Waals surface area contributed by atoms with Gasteiger partial charge < -0.3 is 5.11 Å². The normalized spacial score (nSPS) is 18.4. The Morgan fingerprint density at radius 1 is 1.07 bits per heavy atom. The lowest BCUT2D eigenvalue weighted by Gasteiger charge is -2.22. The number of amides is 1. The number of aliphatic hydroxyl groups excluding tert-OH is 1. The number of benzene rings is 2. The highest BCUT2D eigenvalue weighted by atomic mass is 35.5. The summed E-state index contributed by atoms with van der Waals surface area (Å²) in [6.45, 7) is 1.75. The predicted molar refractivity (Wildman–Crippen MR) is 112 cm³/mol. The van der Waals surface area contributed by atoms with Crippen LogP contribution in [0.2, 0.25) is 10.0 Å². The number of ketones is 1. The lowest BCUT2D eigenvalue weighted by Crippen LogP contribution is -2.29. The van der Waals surface area contributed by atoms with E-state index in [1.165, 1.54) is 16.2 Å². The van der Waals surface area contributed by atoms with Crippen LogP contribution in [0.15, 0.2) is 54.1 Å². The molecule has 1 aromatic heterocycles. The van der Waals surface area contributed by atoms with Gasteiger partial charge in [-0.3, -0.25) is 14.5 Å². The maximum Gasteiger partial charge on any atom is 0.301 e. The quantitative estimate of drug-likeness (QED) is 0.356. The van der Waals surface area contributed by atoms with Gasteiger partial charge in [-0.15, -0.1) is 10.2 Å². The topological polar surface area (TPSA) is 83.4 Å². The van der Waals surface area contributed by atoms with Gasteiger partial charge in [0.05, 0.1) is 16.6 Å². The summed E-state index contributed by atoms with van der Waals surface area (Å²) in [5.41, 5.74) is 0.785. The summed E-state index contributed by atoms with van der Waals surface area (Å²) in [5, 5.41) is 20.6. The molecule has 1 N–H and O–H groups in total. The molecule has 3 aromatic rings. The van der Waals surface area contributed by atoms with E-state index >= 15 is 0 Å². The zero-order valence-electron chi connectivity index (χ0n) is 15.0. The first kappa shape index (κ1) is 19.6. The monoisotopic (exact) mass is 445 g/mol. The van der Waals surface area contributed by atoms with Gasteiger partial charge >= 0.3 is 5.91 Å². The van der Waals surface area contributed by atoms with Crippen molar-refractivity contribution < 1.29 is 14.7 Å². The van der Waals surface area contributed by atoms with Crippen LogP contribution >= 0.6 is 34.5 Å². The average Bonchev–Trinajstić information content (AvgIpc) is 3.24. The van der Waals surface area contributed by atoms with E-state index in [1.54, 1.807) is 55.5 Å². The lowest BCUT2D eigenvalue weighted by atomic mass is 9.95. The minimum absolute atomic E-state index is 0.0710. The summed E-state index contributed by atoms with van der Waals surface area (Å²) >= 11 is 13.4. The molecule has 9 heteroatoms. The van der Waals surface area contributed by atoms with E-state index in [4.69, 9.17) is 23.2 Å². The second kappa shape index (κ2) is 7.59. The van der Waals surface area contributed by atoms with E-state index in [-0.39, 0.29) is 27.0 Å². The molecular formula is C20H13Cl2N3O3S. The molecule has 0 aliphatic carbocycles. The summed E-state index contributed by atoms with van der Waals surface area (Å²) in [6, 6.07) is 12.4. The first-order valence-corrected chi connectivity index (χ1v) is 10.1. The molecule has 146 valence electrons. The number of nitrogens with zero attached hydrogens (tertiary/aromatic N) is 3. The van der Waals surface area contributed by atoms with Gasteiger partial charge in [0, 0.05) is 10.6 Å². The van der Waals surface area contributed by atoms with Gasteiger partial charge in [-0.1, -0.05) is 58.8 Å². The first-order chi connectivity index (χ1) is 13.9. The Hall–Kier alpha value is -2.74. The molecule has 0 bridgehead atoms. The molecular weight excluding hydrogens is 433 g/mol. The maximum absolute atomic E-state index is 13.0. The van der Waals surface area contributed by atoms with Gasteiger partial charge in [0.25, 0.3) is 5.78 Å². The Morgan fingerprint density at radius 2 is 1.76 bits per heavy atom. The fraction of sp³-hybridized carbons (Fsp3) is 0.100. The van der Waals surface area contributed by atoms with E-state index in [2.05, 4.69) is 10.2 Å². The molecule has 1 amide bonds. The van der Waals surface area contributed by atoms with Crippen LogP contribution in [-0.4, -0.2) is 27.0 Å². The number of halogens is 2. The van der Waals surface area contributed by atoms with Crippen molar-refractivity contribution in [3.05, 3.63) is 80.3 Å². The molecule has 0 spiro atoms. The van der Waals surface area contributed by atoms with Crippen molar-refractivity contribution in [1.82, 2.24) is 10.2 Å². The molecule has 1 aliphatic rings. The van der Waals surface area contributed by atoms with Crippen molar-refractivity contribution in [3.63, 3.8) is 0 Å². The highest BCUT2D eigenvalue weighted by molar-refractivity contribution is 7.15. The van der Waals surface area contributed by atoms with Crippen molar-refractivity contribution >= 4 is 57.1 Å². The molecule has 4 rings (SSSR count). The van der Waals surface area contributed by atoms with E-state index in [9.17, 15) is 14.7 Å². The van der Waals surface area contributed by atoms with Crippen molar-refractivity contribution in [2.45, 2.75) is 13.0 Å². The zero-order chi connectivity index (χ0) is 20.7. The van der Waals surface area contributed by atoms with Crippen LogP contribution in [0.1, 0.15) is 22.2 Å². The smallest absolute Gasteiger partial charge is 0.301 e. The highest BCUT2D eigenvalue weighted by Crippen LogP contribution is 2.43. The van der Waals surface area contributed by atoms with E-state index in [0.29, 0.717) is 15.6 Å². The minimum atomic E-state index is -0.893. The predicted octanol–water partition coefficient (Wildman–Crippen LogP) is 4.78. The molecule has 0 radical (unpaired) electrons. The number of rotatable bonds is 3. The van der Waals surface area contributed by atoms with Gasteiger partial charge in [0.15, 0.2) is 0 Å². The highest BCUT2D eigenvalue weighted by Gasteiger charge is 2.48. The van der Waals surface area contributed by atoms with Crippen LogP contribution in [0, 0.1) is 6.92 Å². The number of hydrogen-bond donors (Lipinski definition) is 1. The van der Waals surface area contributed by atoms with Gasteiger partial charge in [-0.2, -0.15) is 0 Å². The molecule has 6 nitrogen and oxygen atoms in total. The van der Waals surface area contributed by atoms with Crippen LogP contribution in [-0.2, 0) is 9.59 Å². The Morgan fingerprint density at radius 3 is 2.38 bits per heavy atom. The average molecular weight is 446 g/mol. The van der Waals surface area contributed by atoms with E-state index in [1.807, 2.05) is 0 Å². The molecule has 29 heavy (non-hydrogen) atoms. The van der Waals surface area contributed by atoms with E-state index < -0.39 is 17.7 Å². The SMILES string of the molecule is Cc1nnc(N2C(=O)C(=O)C(=C(O)c3ccccc3Cl)[C@@H]2c2ccc(Cl)cc2)s1. The van der Waals surface area contributed by atoms with Gasteiger partial charge in [0.1, 0.15) is 10.8 Å². The second-order valence-electron chi connectivity index (χ2n) is 6.30. The Labute approximate surface area is 180 Å². The van der Waals surface area contributed by atoms with Crippen LogP contribution in [0.4, 0.5) is 5.13 Å². The van der Waals surface area contributed by atoms with E-state index in [0.717, 1.165) is 0 Å². The number of anilines is 1. The summed E-state index contributed by atoms with van der Waals surface area (Å²) in [5.74, 6) is -1.97. The first-order valence-electron chi connectivity index (χ1n) is 8.50. The number of Topliss-reactive ketones (excluding diaryl/α,β-unsaturated/α-hetero) is 1. The Balaban J connectivity index is 1.96. The fourth-order valence-corrected chi connectivity index (χ4v) is 4.24. The zero-order valence-corrected chi connectivity index (χ0v) is 17.3. The van der Waals surface area contributed by atoms with Crippen molar-refractivity contribution in [2.24, 2.45) is 0 Å². The number of aryl methyl sites for hydroxylation is 1. The van der Waals surface area contributed by atoms with Crippen LogP contribution in [0.25, 0.3) is 5.76 Å². The molecule has 2 aromatic carbocycles. The third kappa shape index (κ3) is 3.42. The molecule has 0 saturated carbocycles. The molecule has 1 aliphatic heterocycles. The Kier molecular flexibility index (Phi) is 5.12. The number of aliphatic hydroxyl groups is 1. The minimum Gasteiger partial charge on any atom is -0.507 e. The number of carbonyl (C=O) groups is 2. The van der Waals surface area contributed by atoms with Gasteiger partial charge in [0.2, 0.25) is 5.13 Å². The van der Waals surface area contributed by atoms with Crippen molar-refractivity contribution in [1.29, 1.82) is 0 Å². The third-order valence-corrected chi connectivity index (χ3v) is 5.90. The van der Waals surface area contributed by atoms with Crippen LogP contribution in [0.5, 0.6) is 0 Å². The largest absolute Gasteiger partial charge is 0.507 e. The molecule has 1 saturated heterocycles. The fourth-order valence-electron chi connectivity index (χ4n) is 3.17. The van der Waals surface area contributed by atoms with Crippen LogP contribution in [0.3, 0.4) is 0 Å². The summed E-state index contributed by atoms with van der Waals surface area (Å²) in [7, 11) is 0. The molecule has 1 atom stereocenters. The van der Waals surface area contributed by atoms with Crippen LogP contribution < -0.4 is 4.90 Å². The summed E-state index contributed by atoms with van der Waals surface area (Å²) < 4.78 is 0. The summed E-state index contributed by atoms with van der Waals surface area (Å²) in [4.78, 5) is 27.1. The lowest BCUT2D eigenvalue weighted by molar-refractivity contribution is -0.132. The van der Waals surface area contributed by atoms with Gasteiger partial charge in [-0.05, 0) is 36.8 Å². The molecule has 1 fully saturated rings. The second-order valence-corrected chi connectivity index (χ2v) is 8.31. The number of hydrogen-bond acceptors (Lipinski definition) is 6. The third-order valence-electron chi connectivity index (χ3n) is 4.48. The number of aromatic nitrogens is 2. The molecule has 0 unspecified atom stereocenters. The number of carbonyl (C=O) groups excluding carboxylic acids is 2. The van der Waals surface area contributed by atoms with Gasteiger partial charge in [-0.25, -0.2) is 0 Å². The van der Waals surface area contributed by atoms with Crippen molar-refractivity contribution in [2.75, 3.05) is 4.90 Å². The maximum atomic E-state index is 13.0. The standard InChI is InChI=1S/C20H13Cl2N3O3S/c1-10-23-24-20(29-10)25-16(11-6-8-12(21)9-7-11)15(18(27)19(25)28)17(26)13-4-2-3-5-14(13)22/h2-9,16,26H,1H3/t16-/m0/s1. The Bertz CT molecular complexity index is 1160. The summed E-state index contributed by atoms with van der Waals surface area (Å²) in [6.07, 6.45) is 0.